The Balaban J connectivity index is 1.31. The fourth-order valence-electron chi connectivity index (χ4n) is 5.26. The summed E-state index contributed by atoms with van der Waals surface area (Å²) in [4.78, 5) is 12.0. The smallest absolute Gasteiger partial charge is 0.229 e. The van der Waals surface area contributed by atoms with Crippen molar-refractivity contribution in [1.82, 2.24) is 9.97 Å². The molecule has 0 spiro atoms. The van der Waals surface area contributed by atoms with Crippen LogP contribution in [0.25, 0.3) is 55.3 Å². The topological polar surface area (TPSA) is 55.3 Å². The highest BCUT2D eigenvalue weighted by Gasteiger charge is 2.19. The highest BCUT2D eigenvalue weighted by molar-refractivity contribution is 6.05. The molecule has 5 nitrogen and oxygen atoms in total. The predicted molar refractivity (Wildman–Crippen MR) is 157 cm³/mol. The molecular weight excluding hydrogens is 482 g/mol. The first-order valence-electron chi connectivity index (χ1n) is 12.8. The van der Waals surface area contributed by atoms with E-state index in [2.05, 4.69) is 72.8 Å². The molecule has 8 rings (SSSR count). The summed E-state index contributed by atoms with van der Waals surface area (Å²) in [5.74, 6) is 1.41. The van der Waals surface area contributed by atoms with Gasteiger partial charge in [-0.15, -0.1) is 0 Å². The van der Waals surface area contributed by atoms with E-state index in [1.54, 1.807) is 0 Å². The fraction of sp³-hybridized carbons (Fsp3) is 0. The maximum Gasteiger partial charge on any atom is 0.229 e. The van der Waals surface area contributed by atoms with Crippen molar-refractivity contribution in [3.63, 3.8) is 0 Å². The van der Waals surface area contributed by atoms with Gasteiger partial charge in [-0.2, -0.15) is 9.97 Å². The number of aromatic nitrogens is 2. The van der Waals surface area contributed by atoms with Gasteiger partial charge in [0.25, 0.3) is 0 Å². The van der Waals surface area contributed by atoms with Crippen LogP contribution in [0.2, 0.25) is 0 Å². The van der Waals surface area contributed by atoms with Crippen LogP contribution in [0.5, 0.6) is 0 Å². The Bertz CT molecular complexity index is 2010. The number of hydrogen-bond donors (Lipinski definition) is 0. The molecule has 4 aromatic carbocycles. The van der Waals surface area contributed by atoms with Crippen molar-refractivity contribution in [3.05, 3.63) is 127 Å². The second kappa shape index (κ2) is 8.57. The molecule has 8 aromatic rings. The van der Waals surface area contributed by atoms with Crippen LogP contribution in [0.15, 0.2) is 136 Å². The van der Waals surface area contributed by atoms with E-state index in [0.29, 0.717) is 23.1 Å². The molecule has 0 radical (unpaired) electrons. The molecule has 0 amide bonds. The van der Waals surface area contributed by atoms with E-state index in [0.717, 1.165) is 44.0 Å². The normalized spacial score (nSPS) is 11.6. The Hall–Kier alpha value is -5.42. The third-order valence-electron chi connectivity index (χ3n) is 7.15. The number of pyridine rings is 2. The Morgan fingerprint density at radius 3 is 1.46 bits per heavy atom. The van der Waals surface area contributed by atoms with Crippen LogP contribution >= 0.6 is 0 Å². The van der Waals surface area contributed by atoms with Crippen molar-refractivity contribution in [2.45, 2.75) is 0 Å². The molecule has 0 atom stereocenters. The van der Waals surface area contributed by atoms with Gasteiger partial charge in [-0.25, -0.2) is 0 Å². The highest BCUT2D eigenvalue weighted by Crippen LogP contribution is 2.38. The number of para-hydroxylation sites is 2. The van der Waals surface area contributed by atoms with Crippen molar-refractivity contribution in [2.75, 3.05) is 4.90 Å². The molecule has 0 saturated heterocycles. The van der Waals surface area contributed by atoms with Gasteiger partial charge in [0.2, 0.25) is 11.4 Å². The van der Waals surface area contributed by atoms with Crippen molar-refractivity contribution < 1.29 is 8.83 Å². The standard InChI is InChI=1S/C34H21N3O2/c1-2-8-22(9-3-1)23-14-16-24(17-15-23)37(31-20-18-27-25-10-4-6-12-29(25)38-33(27)35-31)32-21-19-28-26-11-5-7-13-30(26)39-34(28)36-32/h1-21H. The number of fused-ring (bicyclic) bond motifs is 6. The molecule has 4 aromatic heterocycles. The summed E-state index contributed by atoms with van der Waals surface area (Å²) in [6.45, 7) is 0. The van der Waals surface area contributed by atoms with E-state index in [9.17, 15) is 0 Å². The first-order valence-corrected chi connectivity index (χ1v) is 12.8. The molecule has 0 N–H and O–H groups in total. The average molecular weight is 504 g/mol. The lowest BCUT2D eigenvalue weighted by atomic mass is 10.1. The Labute approximate surface area is 223 Å². The van der Waals surface area contributed by atoms with Crippen LogP contribution in [0.1, 0.15) is 0 Å². The van der Waals surface area contributed by atoms with Gasteiger partial charge in [0.15, 0.2) is 0 Å². The summed E-state index contributed by atoms with van der Waals surface area (Å²) in [5, 5.41) is 4.06. The number of anilines is 3. The van der Waals surface area contributed by atoms with Crippen LogP contribution in [0.4, 0.5) is 17.3 Å². The molecule has 0 aliphatic rings. The minimum absolute atomic E-state index is 0.587. The second-order valence-corrected chi connectivity index (χ2v) is 9.49. The van der Waals surface area contributed by atoms with E-state index < -0.39 is 0 Å². The van der Waals surface area contributed by atoms with Crippen molar-refractivity contribution in [2.24, 2.45) is 0 Å². The number of benzene rings is 4. The first-order chi connectivity index (χ1) is 19.3. The molecule has 0 aliphatic carbocycles. The lowest BCUT2D eigenvalue weighted by Crippen LogP contribution is -2.13. The van der Waals surface area contributed by atoms with Gasteiger partial charge in [-0.3, -0.25) is 4.90 Å². The van der Waals surface area contributed by atoms with Gasteiger partial charge < -0.3 is 8.83 Å². The van der Waals surface area contributed by atoms with Crippen LogP contribution in [-0.2, 0) is 0 Å². The number of furan rings is 2. The SMILES string of the molecule is c1ccc(-c2ccc(N(c3ccc4c(n3)oc3ccccc34)c3ccc4c(n3)oc3ccccc34)cc2)cc1. The minimum atomic E-state index is 0.587. The maximum absolute atomic E-state index is 6.13. The molecule has 39 heavy (non-hydrogen) atoms. The number of rotatable bonds is 4. The zero-order chi connectivity index (χ0) is 25.8. The highest BCUT2D eigenvalue weighted by atomic mass is 16.3. The third-order valence-corrected chi connectivity index (χ3v) is 7.15. The van der Waals surface area contributed by atoms with Gasteiger partial charge in [0, 0.05) is 27.2 Å². The largest absolute Gasteiger partial charge is 0.438 e. The molecule has 0 fully saturated rings. The minimum Gasteiger partial charge on any atom is -0.438 e. The lowest BCUT2D eigenvalue weighted by molar-refractivity contribution is 0.653. The van der Waals surface area contributed by atoms with Crippen LogP contribution in [-0.4, -0.2) is 9.97 Å². The molecular formula is C34H21N3O2. The van der Waals surface area contributed by atoms with Gasteiger partial charge >= 0.3 is 0 Å². The van der Waals surface area contributed by atoms with E-state index in [4.69, 9.17) is 18.8 Å². The summed E-state index contributed by atoms with van der Waals surface area (Å²) < 4.78 is 12.3. The zero-order valence-electron chi connectivity index (χ0n) is 20.8. The molecule has 184 valence electrons. The molecule has 0 bridgehead atoms. The van der Waals surface area contributed by atoms with Gasteiger partial charge in [0.1, 0.15) is 22.8 Å². The fourth-order valence-corrected chi connectivity index (χ4v) is 5.26. The predicted octanol–water partition coefficient (Wildman–Crippen LogP) is 9.41. The monoisotopic (exact) mass is 503 g/mol. The van der Waals surface area contributed by atoms with Crippen molar-refractivity contribution >= 4 is 61.5 Å². The summed E-state index contributed by atoms with van der Waals surface area (Å²) in [7, 11) is 0. The first kappa shape index (κ1) is 21.6. The molecule has 0 saturated carbocycles. The summed E-state index contributed by atoms with van der Waals surface area (Å²) in [6.07, 6.45) is 0. The molecule has 5 heteroatoms. The second-order valence-electron chi connectivity index (χ2n) is 9.49. The molecule has 0 unspecified atom stereocenters. The lowest BCUT2D eigenvalue weighted by Gasteiger charge is -2.23. The quantitative estimate of drug-likeness (QED) is 0.239. The van der Waals surface area contributed by atoms with E-state index in [1.807, 2.05) is 59.5 Å². The summed E-state index contributed by atoms with van der Waals surface area (Å²) in [5.41, 5.74) is 6.05. The van der Waals surface area contributed by atoms with Crippen LogP contribution in [0.3, 0.4) is 0 Å². The maximum atomic E-state index is 6.13. The molecule has 4 heterocycles. The zero-order valence-corrected chi connectivity index (χ0v) is 20.8. The molecule has 0 aliphatic heterocycles. The number of hydrogen-bond acceptors (Lipinski definition) is 5. The Morgan fingerprint density at radius 2 is 0.897 bits per heavy atom. The van der Waals surface area contributed by atoms with Gasteiger partial charge in [-0.1, -0.05) is 78.9 Å². The van der Waals surface area contributed by atoms with E-state index in [1.165, 1.54) is 5.56 Å². The van der Waals surface area contributed by atoms with Crippen molar-refractivity contribution in [3.8, 4) is 11.1 Å². The Morgan fingerprint density at radius 1 is 0.410 bits per heavy atom. The summed E-state index contributed by atoms with van der Waals surface area (Å²) in [6, 6.07) is 42.9. The third kappa shape index (κ3) is 3.55. The van der Waals surface area contributed by atoms with Gasteiger partial charge in [0.05, 0.1) is 0 Å². The van der Waals surface area contributed by atoms with Gasteiger partial charge in [-0.05, 0) is 59.7 Å². The number of nitrogens with zero attached hydrogens (tertiary/aromatic N) is 3. The summed E-state index contributed by atoms with van der Waals surface area (Å²) >= 11 is 0. The van der Waals surface area contributed by atoms with Crippen LogP contribution in [0, 0.1) is 0 Å². The Kier molecular flexibility index (Phi) is 4.76. The van der Waals surface area contributed by atoms with E-state index in [-0.39, 0.29) is 0 Å². The van der Waals surface area contributed by atoms with E-state index >= 15 is 0 Å². The average Bonchev–Trinajstić information content (AvgIpc) is 3.56. The van der Waals surface area contributed by atoms with Crippen molar-refractivity contribution in [1.29, 1.82) is 0 Å². The van der Waals surface area contributed by atoms with Crippen LogP contribution < -0.4 is 4.90 Å².